The number of hydrogen-bond donors (Lipinski definition) is 3. The molecule has 0 spiro atoms. The van der Waals surface area contributed by atoms with Crippen LogP contribution < -0.4 is 16.2 Å². The van der Waals surface area contributed by atoms with Crippen LogP contribution in [0.3, 0.4) is 0 Å². The van der Waals surface area contributed by atoms with Crippen molar-refractivity contribution in [3.8, 4) is 0 Å². The first-order chi connectivity index (χ1) is 10.6. The van der Waals surface area contributed by atoms with E-state index in [0.29, 0.717) is 11.1 Å². The van der Waals surface area contributed by atoms with Gasteiger partial charge in [0.25, 0.3) is 11.8 Å². The van der Waals surface area contributed by atoms with Crippen LogP contribution in [0.2, 0.25) is 0 Å². The third-order valence-electron chi connectivity index (χ3n) is 2.75. The van der Waals surface area contributed by atoms with Gasteiger partial charge in [0, 0.05) is 18.0 Å². The van der Waals surface area contributed by atoms with E-state index in [-0.39, 0.29) is 11.0 Å². The van der Waals surface area contributed by atoms with Gasteiger partial charge in [-0.25, -0.2) is 0 Å². The van der Waals surface area contributed by atoms with Crippen molar-refractivity contribution >= 4 is 29.1 Å². The number of carbonyl (C=O) groups is 2. The van der Waals surface area contributed by atoms with Crippen molar-refractivity contribution in [2.24, 2.45) is 0 Å². The largest absolute Gasteiger partial charge is 0.298 e. The third kappa shape index (κ3) is 4.35. The first kappa shape index (κ1) is 15.6. The van der Waals surface area contributed by atoms with Gasteiger partial charge in [0.2, 0.25) is 0 Å². The summed E-state index contributed by atoms with van der Waals surface area (Å²) in [6.45, 7) is 1.93. The van der Waals surface area contributed by atoms with Crippen molar-refractivity contribution in [3.05, 3.63) is 65.5 Å². The smallest absolute Gasteiger partial charge is 0.271 e. The van der Waals surface area contributed by atoms with Crippen LogP contribution in [-0.4, -0.2) is 21.9 Å². The van der Waals surface area contributed by atoms with Crippen molar-refractivity contribution in [3.63, 3.8) is 0 Å². The van der Waals surface area contributed by atoms with E-state index in [1.54, 1.807) is 30.5 Å². The van der Waals surface area contributed by atoms with E-state index in [2.05, 4.69) is 21.2 Å². The minimum Gasteiger partial charge on any atom is -0.298 e. The van der Waals surface area contributed by atoms with Crippen LogP contribution >= 0.6 is 12.2 Å². The van der Waals surface area contributed by atoms with Crippen LogP contribution in [0.25, 0.3) is 0 Å². The molecule has 2 aromatic rings. The Morgan fingerprint density at radius 3 is 2.36 bits per heavy atom. The van der Waals surface area contributed by atoms with Crippen LogP contribution in [-0.2, 0) is 0 Å². The molecule has 0 aliphatic heterocycles. The van der Waals surface area contributed by atoms with Crippen molar-refractivity contribution in [2.75, 3.05) is 0 Å². The van der Waals surface area contributed by atoms with Gasteiger partial charge in [0.05, 0.1) is 5.56 Å². The fourth-order valence-corrected chi connectivity index (χ4v) is 1.74. The summed E-state index contributed by atoms with van der Waals surface area (Å²) in [7, 11) is 0. The van der Waals surface area contributed by atoms with Gasteiger partial charge in [-0.05, 0) is 43.4 Å². The second-order valence-corrected chi connectivity index (χ2v) is 4.88. The number of nitrogens with one attached hydrogen (secondary N) is 3. The lowest BCUT2D eigenvalue weighted by Gasteiger charge is -2.10. The topological polar surface area (TPSA) is 83.1 Å². The lowest BCUT2D eigenvalue weighted by molar-refractivity contribution is 0.0934. The number of carbonyl (C=O) groups excluding carboxylic acids is 2. The summed E-state index contributed by atoms with van der Waals surface area (Å²) in [5, 5.41) is 2.48. The van der Waals surface area contributed by atoms with Gasteiger partial charge >= 0.3 is 0 Å². The first-order valence-corrected chi connectivity index (χ1v) is 6.85. The van der Waals surface area contributed by atoms with Gasteiger partial charge in [0.1, 0.15) is 0 Å². The average Bonchev–Trinajstić information content (AvgIpc) is 2.54. The number of hydrogen-bond acceptors (Lipinski definition) is 4. The zero-order valence-electron chi connectivity index (χ0n) is 11.8. The Bertz CT molecular complexity index is 686. The van der Waals surface area contributed by atoms with Gasteiger partial charge in [0.15, 0.2) is 5.11 Å². The standard InChI is InChI=1S/C15H14N4O2S/c1-10-4-6-11(7-5-10)13(20)17-15(22)19-18-14(21)12-3-2-8-16-9-12/h2-9H,1H3,(H,18,21)(H2,17,19,20,22). The molecule has 1 heterocycles. The molecule has 0 saturated heterocycles. The minimum atomic E-state index is -0.403. The maximum absolute atomic E-state index is 11.9. The van der Waals surface area contributed by atoms with Gasteiger partial charge in [-0.1, -0.05) is 17.7 Å². The summed E-state index contributed by atoms with van der Waals surface area (Å²) in [5.41, 5.74) is 6.76. The van der Waals surface area contributed by atoms with Crippen molar-refractivity contribution < 1.29 is 9.59 Å². The minimum absolute atomic E-state index is 0.00261. The van der Waals surface area contributed by atoms with Gasteiger partial charge in [-0.15, -0.1) is 0 Å². The Balaban J connectivity index is 1.84. The number of pyridine rings is 1. The van der Waals surface area contributed by atoms with E-state index >= 15 is 0 Å². The molecular formula is C15H14N4O2S. The Kier molecular flexibility index (Phi) is 5.16. The van der Waals surface area contributed by atoms with E-state index in [4.69, 9.17) is 12.2 Å². The molecule has 0 saturated carbocycles. The predicted molar refractivity (Wildman–Crippen MR) is 86.1 cm³/mol. The van der Waals surface area contributed by atoms with Crippen LogP contribution in [0.1, 0.15) is 26.3 Å². The summed E-state index contributed by atoms with van der Waals surface area (Å²) in [6.07, 6.45) is 2.99. The van der Waals surface area contributed by atoms with Crippen LogP contribution in [0.4, 0.5) is 0 Å². The maximum Gasteiger partial charge on any atom is 0.271 e. The molecule has 22 heavy (non-hydrogen) atoms. The van der Waals surface area contributed by atoms with Crippen LogP contribution in [0.5, 0.6) is 0 Å². The highest BCUT2D eigenvalue weighted by atomic mass is 32.1. The molecule has 112 valence electrons. The molecule has 7 heteroatoms. The number of thiocarbonyl (C=S) groups is 1. The Hall–Kier alpha value is -2.80. The lowest BCUT2D eigenvalue weighted by atomic mass is 10.1. The summed E-state index contributed by atoms with van der Waals surface area (Å²) >= 11 is 4.95. The molecule has 1 aromatic carbocycles. The SMILES string of the molecule is Cc1ccc(C(=O)NC(=S)NNC(=O)c2cccnc2)cc1. The van der Waals surface area contributed by atoms with E-state index in [1.807, 2.05) is 19.1 Å². The molecular weight excluding hydrogens is 300 g/mol. The molecule has 0 aliphatic rings. The van der Waals surface area contributed by atoms with E-state index < -0.39 is 5.91 Å². The molecule has 6 nitrogen and oxygen atoms in total. The van der Waals surface area contributed by atoms with Crippen molar-refractivity contribution in [1.82, 2.24) is 21.2 Å². The van der Waals surface area contributed by atoms with Crippen LogP contribution in [0.15, 0.2) is 48.8 Å². The zero-order valence-corrected chi connectivity index (χ0v) is 12.6. The number of amides is 2. The van der Waals surface area contributed by atoms with Crippen molar-refractivity contribution in [2.45, 2.75) is 6.92 Å². The molecule has 1 aromatic heterocycles. The third-order valence-corrected chi connectivity index (χ3v) is 2.96. The Morgan fingerprint density at radius 1 is 1.00 bits per heavy atom. The highest BCUT2D eigenvalue weighted by Gasteiger charge is 2.09. The molecule has 0 radical (unpaired) electrons. The maximum atomic E-state index is 11.9. The molecule has 3 N–H and O–H groups in total. The Labute approximate surface area is 132 Å². The van der Waals surface area contributed by atoms with Crippen molar-refractivity contribution in [1.29, 1.82) is 0 Å². The summed E-state index contributed by atoms with van der Waals surface area (Å²) in [4.78, 5) is 27.5. The average molecular weight is 314 g/mol. The number of rotatable bonds is 2. The zero-order chi connectivity index (χ0) is 15.9. The fraction of sp³-hybridized carbons (Fsp3) is 0.0667. The number of hydrazine groups is 1. The predicted octanol–water partition coefficient (Wildman–Crippen LogP) is 1.34. The second-order valence-electron chi connectivity index (χ2n) is 4.47. The molecule has 0 bridgehead atoms. The molecule has 0 aliphatic carbocycles. The molecule has 0 unspecified atom stereocenters. The molecule has 2 rings (SSSR count). The monoisotopic (exact) mass is 314 g/mol. The molecule has 0 atom stereocenters. The lowest BCUT2D eigenvalue weighted by Crippen LogP contribution is -2.48. The summed E-state index contributed by atoms with van der Waals surface area (Å²) in [6, 6.07) is 10.3. The van der Waals surface area contributed by atoms with E-state index in [9.17, 15) is 9.59 Å². The summed E-state index contributed by atoms with van der Waals surface area (Å²) < 4.78 is 0. The number of nitrogens with zero attached hydrogens (tertiary/aromatic N) is 1. The first-order valence-electron chi connectivity index (χ1n) is 6.44. The quantitative estimate of drug-likeness (QED) is 0.575. The van der Waals surface area contributed by atoms with Gasteiger partial charge in [-0.2, -0.15) is 0 Å². The Morgan fingerprint density at radius 2 is 1.73 bits per heavy atom. The summed E-state index contributed by atoms with van der Waals surface area (Å²) in [5.74, 6) is -0.756. The normalized spacial score (nSPS) is 9.68. The highest BCUT2D eigenvalue weighted by Crippen LogP contribution is 2.02. The number of aromatic nitrogens is 1. The van der Waals surface area contributed by atoms with Gasteiger partial charge < -0.3 is 0 Å². The molecule has 0 fully saturated rings. The number of aryl methyl sites for hydroxylation is 1. The highest BCUT2D eigenvalue weighted by molar-refractivity contribution is 7.80. The fourth-order valence-electron chi connectivity index (χ4n) is 1.59. The van der Waals surface area contributed by atoms with Gasteiger partial charge in [-0.3, -0.25) is 30.7 Å². The van der Waals surface area contributed by atoms with E-state index in [0.717, 1.165) is 5.56 Å². The molecule has 2 amide bonds. The second kappa shape index (κ2) is 7.28. The van der Waals surface area contributed by atoms with E-state index in [1.165, 1.54) is 6.20 Å². The van der Waals surface area contributed by atoms with Crippen LogP contribution in [0, 0.1) is 6.92 Å². The number of benzene rings is 1.